The minimum absolute atomic E-state index is 0.0204. The van der Waals surface area contributed by atoms with Gasteiger partial charge in [-0.05, 0) is 25.5 Å². The summed E-state index contributed by atoms with van der Waals surface area (Å²) in [6, 6.07) is 5.86. The van der Waals surface area contributed by atoms with Crippen LogP contribution in [0.3, 0.4) is 0 Å². The molecule has 0 fully saturated rings. The number of nitrogens with one attached hydrogen (secondary N) is 1. The van der Waals surface area contributed by atoms with Crippen molar-refractivity contribution < 1.29 is 9.66 Å². The van der Waals surface area contributed by atoms with E-state index in [9.17, 15) is 10.1 Å². The lowest BCUT2D eigenvalue weighted by Gasteiger charge is -2.09. The molecule has 110 valence electrons. The van der Waals surface area contributed by atoms with Crippen molar-refractivity contribution in [2.45, 2.75) is 20.3 Å². The summed E-state index contributed by atoms with van der Waals surface area (Å²) in [6.45, 7) is 4.67. The second-order valence-electron chi connectivity index (χ2n) is 4.46. The Hall–Kier alpha value is -2.70. The highest BCUT2D eigenvalue weighted by Gasteiger charge is 2.08. The SMILES string of the molecule is CCCNc1ncc(C)c(Oc2ccc([N+](=O)[O-])cc2)n1. The van der Waals surface area contributed by atoms with Crippen molar-refractivity contribution in [1.82, 2.24) is 9.97 Å². The van der Waals surface area contributed by atoms with Crippen molar-refractivity contribution in [2.24, 2.45) is 0 Å². The van der Waals surface area contributed by atoms with Gasteiger partial charge in [0.25, 0.3) is 5.69 Å². The molecule has 0 atom stereocenters. The molecular weight excluding hydrogens is 272 g/mol. The third-order valence-electron chi connectivity index (χ3n) is 2.72. The number of rotatable bonds is 6. The molecule has 0 aliphatic carbocycles. The van der Waals surface area contributed by atoms with Crippen LogP contribution >= 0.6 is 0 Å². The fourth-order valence-corrected chi connectivity index (χ4v) is 1.60. The van der Waals surface area contributed by atoms with Gasteiger partial charge >= 0.3 is 0 Å². The van der Waals surface area contributed by atoms with E-state index in [4.69, 9.17) is 4.74 Å². The second kappa shape index (κ2) is 6.65. The number of ether oxygens (including phenoxy) is 1. The normalized spacial score (nSPS) is 10.2. The van der Waals surface area contributed by atoms with Crippen LogP contribution in [-0.2, 0) is 0 Å². The molecule has 1 aromatic carbocycles. The van der Waals surface area contributed by atoms with E-state index in [1.165, 1.54) is 12.1 Å². The second-order valence-corrected chi connectivity index (χ2v) is 4.46. The molecule has 0 aliphatic rings. The van der Waals surface area contributed by atoms with Crippen LogP contribution in [0.1, 0.15) is 18.9 Å². The van der Waals surface area contributed by atoms with E-state index in [1.807, 2.05) is 6.92 Å². The van der Waals surface area contributed by atoms with E-state index >= 15 is 0 Å². The van der Waals surface area contributed by atoms with E-state index in [2.05, 4.69) is 22.2 Å². The third kappa shape index (κ3) is 3.88. The molecule has 0 spiro atoms. The third-order valence-corrected chi connectivity index (χ3v) is 2.72. The topological polar surface area (TPSA) is 90.2 Å². The average Bonchev–Trinajstić information content (AvgIpc) is 2.48. The van der Waals surface area contributed by atoms with Crippen molar-refractivity contribution in [3.63, 3.8) is 0 Å². The highest BCUT2D eigenvalue weighted by molar-refractivity contribution is 5.40. The number of anilines is 1. The Labute approximate surface area is 122 Å². The van der Waals surface area contributed by atoms with Gasteiger partial charge < -0.3 is 10.1 Å². The first kappa shape index (κ1) is 14.7. The molecule has 0 unspecified atom stereocenters. The number of hydrogen-bond donors (Lipinski definition) is 1. The van der Waals surface area contributed by atoms with Gasteiger partial charge in [-0.3, -0.25) is 10.1 Å². The fourth-order valence-electron chi connectivity index (χ4n) is 1.60. The van der Waals surface area contributed by atoms with E-state index in [0.717, 1.165) is 18.5 Å². The summed E-state index contributed by atoms with van der Waals surface area (Å²) in [4.78, 5) is 18.6. The Bertz CT molecular complexity index is 629. The number of hydrogen-bond acceptors (Lipinski definition) is 6. The molecule has 2 rings (SSSR count). The van der Waals surface area contributed by atoms with Crippen LogP contribution in [0.5, 0.6) is 11.6 Å². The average molecular weight is 288 g/mol. The van der Waals surface area contributed by atoms with Crippen LogP contribution in [0.15, 0.2) is 30.5 Å². The van der Waals surface area contributed by atoms with Gasteiger partial charge in [0.1, 0.15) is 5.75 Å². The van der Waals surface area contributed by atoms with Crippen molar-refractivity contribution in [3.8, 4) is 11.6 Å². The van der Waals surface area contributed by atoms with Crippen LogP contribution in [0, 0.1) is 17.0 Å². The van der Waals surface area contributed by atoms with Gasteiger partial charge in [0.15, 0.2) is 0 Å². The number of benzene rings is 1. The summed E-state index contributed by atoms with van der Waals surface area (Å²) in [7, 11) is 0. The minimum atomic E-state index is -0.452. The predicted molar refractivity (Wildman–Crippen MR) is 78.7 cm³/mol. The Morgan fingerprint density at radius 3 is 2.67 bits per heavy atom. The molecular formula is C14H16N4O3. The van der Waals surface area contributed by atoms with Gasteiger partial charge in [-0.15, -0.1) is 0 Å². The molecule has 0 saturated carbocycles. The lowest BCUT2D eigenvalue weighted by atomic mass is 10.3. The number of nitro groups is 1. The highest BCUT2D eigenvalue weighted by Crippen LogP contribution is 2.25. The number of aryl methyl sites for hydroxylation is 1. The molecule has 0 amide bonds. The van der Waals surface area contributed by atoms with Crippen molar-refractivity contribution in [2.75, 3.05) is 11.9 Å². The first-order valence-corrected chi connectivity index (χ1v) is 6.60. The van der Waals surface area contributed by atoms with Crippen LogP contribution in [0.2, 0.25) is 0 Å². The number of non-ortho nitro benzene ring substituents is 1. The first-order chi connectivity index (χ1) is 10.1. The molecule has 7 heteroatoms. The zero-order valence-corrected chi connectivity index (χ0v) is 11.9. The smallest absolute Gasteiger partial charge is 0.269 e. The molecule has 2 aromatic rings. The van der Waals surface area contributed by atoms with Crippen LogP contribution in [0.25, 0.3) is 0 Å². The Morgan fingerprint density at radius 2 is 2.05 bits per heavy atom. The maximum Gasteiger partial charge on any atom is 0.269 e. The number of nitro benzene ring substituents is 1. The Morgan fingerprint density at radius 1 is 1.33 bits per heavy atom. The molecule has 1 N–H and O–H groups in total. The van der Waals surface area contributed by atoms with Gasteiger partial charge in [0, 0.05) is 30.4 Å². The largest absolute Gasteiger partial charge is 0.439 e. The molecule has 1 heterocycles. The first-order valence-electron chi connectivity index (χ1n) is 6.60. The summed E-state index contributed by atoms with van der Waals surface area (Å²) in [5.41, 5.74) is 0.808. The molecule has 0 bridgehead atoms. The van der Waals surface area contributed by atoms with E-state index < -0.39 is 4.92 Å². The van der Waals surface area contributed by atoms with Crippen molar-refractivity contribution in [3.05, 3.63) is 46.1 Å². The Balaban J connectivity index is 2.16. The standard InChI is InChI=1S/C14H16N4O3/c1-3-8-15-14-16-9-10(2)13(17-14)21-12-6-4-11(5-7-12)18(19)20/h4-7,9H,3,8H2,1-2H3,(H,15,16,17). The monoisotopic (exact) mass is 288 g/mol. The molecule has 0 aliphatic heterocycles. The zero-order valence-electron chi connectivity index (χ0n) is 11.9. The van der Waals surface area contributed by atoms with Gasteiger partial charge in [0.05, 0.1) is 4.92 Å². The lowest BCUT2D eigenvalue weighted by molar-refractivity contribution is -0.384. The summed E-state index contributed by atoms with van der Waals surface area (Å²) in [5, 5.41) is 13.7. The summed E-state index contributed by atoms with van der Waals surface area (Å²) in [6.07, 6.45) is 2.64. The van der Waals surface area contributed by atoms with Gasteiger partial charge in [-0.2, -0.15) is 4.98 Å². The van der Waals surface area contributed by atoms with E-state index in [-0.39, 0.29) is 5.69 Å². The van der Waals surface area contributed by atoms with Gasteiger partial charge in [-0.1, -0.05) is 6.92 Å². The summed E-state index contributed by atoms with van der Waals surface area (Å²) < 4.78 is 5.65. The quantitative estimate of drug-likeness (QED) is 0.647. The Kier molecular flexibility index (Phi) is 4.65. The van der Waals surface area contributed by atoms with Gasteiger partial charge in [-0.25, -0.2) is 4.98 Å². The molecule has 0 saturated heterocycles. The molecule has 1 aromatic heterocycles. The predicted octanol–water partition coefficient (Wildman–Crippen LogP) is 3.31. The molecule has 7 nitrogen and oxygen atoms in total. The molecule has 21 heavy (non-hydrogen) atoms. The lowest BCUT2D eigenvalue weighted by Crippen LogP contribution is -2.05. The number of aromatic nitrogens is 2. The summed E-state index contributed by atoms with van der Waals surface area (Å²) in [5.74, 6) is 1.42. The maximum atomic E-state index is 10.6. The van der Waals surface area contributed by atoms with E-state index in [0.29, 0.717) is 17.6 Å². The van der Waals surface area contributed by atoms with Crippen molar-refractivity contribution >= 4 is 11.6 Å². The highest BCUT2D eigenvalue weighted by atomic mass is 16.6. The molecule has 0 radical (unpaired) electrons. The van der Waals surface area contributed by atoms with Crippen LogP contribution in [-0.4, -0.2) is 21.4 Å². The zero-order chi connectivity index (χ0) is 15.2. The number of nitrogens with zero attached hydrogens (tertiary/aromatic N) is 3. The summed E-state index contributed by atoms with van der Waals surface area (Å²) >= 11 is 0. The maximum absolute atomic E-state index is 10.6. The van der Waals surface area contributed by atoms with Crippen LogP contribution in [0.4, 0.5) is 11.6 Å². The minimum Gasteiger partial charge on any atom is -0.439 e. The van der Waals surface area contributed by atoms with E-state index in [1.54, 1.807) is 18.3 Å². The van der Waals surface area contributed by atoms with Crippen molar-refractivity contribution in [1.29, 1.82) is 0 Å². The van der Waals surface area contributed by atoms with Crippen LogP contribution < -0.4 is 10.1 Å². The van der Waals surface area contributed by atoms with Gasteiger partial charge in [0.2, 0.25) is 11.8 Å². The fraction of sp³-hybridized carbons (Fsp3) is 0.286.